The van der Waals surface area contributed by atoms with E-state index in [0.29, 0.717) is 25.7 Å². The minimum atomic E-state index is -0.209. The standard InChI is InChI=1S/C22H35FN4O3/c1-24-22(27-8-7-18(16-27)17-30-14-13-28-2)25-15-21(26-9-11-29-12-10-26)19-3-5-20(23)6-4-19/h3-6,18,21H,7-17H2,1-2H3,(H,24,25). The first-order valence-electron chi connectivity index (χ1n) is 10.8. The minimum absolute atomic E-state index is 0.141. The summed E-state index contributed by atoms with van der Waals surface area (Å²) in [6.45, 7) is 7.83. The van der Waals surface area contributed by atoms with E-state index >= 15 is 0 Å². The molecule has 2 atom stereocenters. The van der Waals surface area contributed by atoms with E-state index in [2.05, 4.69) is 20.1 Å². The molecule has 0 radical (unpaired) electrons. The molecular formula is C22H35FN4O3. The summed E-state index contributed by atoms with van der Waals surface area (Å²) in [5, 5.41) is 3.56. The fraction of sp³-hybridized carbons (Fsp3) is 0.682. The topological polar surface area (TPSA) is 58.6 Å². The largest absolute Gasteiger partial charge is 0.382 e. The summed E-state index contributed by atoms with van der Waals surface area (Å²) < 4.78 is 29.7. The Morgan fingerprint density at radius 3 is 2.70 bits per heavy atom. The highest BCUT2D eigenvalue weighted by atomic mass is 19.1. The van der Waals surface area contributed by atoms with Gasteiger partial charge >= 0.3 is 0 Å². The summed E-state index contributed by atoms with van der Waals surface area (Å²) >= 11 is 0. The highest BCUT2D eigenvalue weighted by molar-refractivity contribution is 5.80. The third-order valence-corrected chi connectivity index (χ3v) is 5.78. The van der Waals surface area contributed by atoms with Gasteiger partial charge in [0.15, 0.2) is 5.96 Å². The van der Waals surface area contributed by atoms with Crippen LogP contribution in [0, 0.1) is 11.7 Å². The molecule has 168 valence electrons. The van der Waals surface area contributed by atoms with Crippen molar-refractivity contribution >= 4 is 5.96 Å². The van der Waals surface area contributed by atoms with Gasteiger partial charge in [0.1, 0.15) is 5.82 Å². The maximum absolute atomic E-state index is 13.4. The minimum Gasteiger partial charge on any atom is -0.382 e. The van der Waals surface area contributed by atoms with Crippen molar-refractivity contribution in [2.24, 2.45) is 10.9 Å². The van der Waals surface area contributed by atoms with Crippen molar-refractivity contribution < 1.29 is 18.6 Å². The fourth-order valence-electron chi connectivity index (χ4n) is 4.11. The Morgan fingerprint density at radius 1 is 1.23 bits per heavy atom. The molecule has 8 heteroatoms. The summed E-state index contributed by atoms with van der Waals surface area (Å²) in [7, 11) is 3.51. The summed E-state index contributed by atoms with van der Waals surface area (Å²) in [6.07, 6.45) is 1.10. The number of nitrogens with one attached hydrogen (secondary N) is 1. The summed E-state index contributed by atoms with van der Waals surface area (Å²) in [5.74, 6) is 1.21. The van der Waals surface area contributed by atoms with E-state index in [1.807, 2.05) is 19.2 Å². The third-order valence-electron chi connectivity index (χ3n) is 5.78. The van der Waals surface area contributed by atoms with Crippen LogP contribution in [0.4, 0.5) is 4.39 Å². The van der Waals surface area contributed by atoms with Gasteiger partial charge in [0.2, 0.25) is 0 Å². The zero-order valence-electron chi connectivity index (χ0n) is 18.2. The van der Waals surface area contributed by atoms with E-state index in [4.69, 9.17) is 14.2 Å². The van der Waals surface area contributed by atoms with Gasteiger partial charge in [0.25, 0.3) is 0 Å². The van der Waals surface area contributed by atoms with Crippen molar-refractivity contribution in [2.45, 2.75) is 12.5 Å². The van der Waals surface area contributed by atoms with E-state index in [-0.39, 0.29) is 11.9 Å². The van der Waals surface area contributed by atoms with Gasteiger partial charge in [-0.3, -0.25) is 9.89 Å². The molecule has 7 nitrogen and oxygen atoms in total. The van der Waals surface area contributed by atoms with Crippen LogP contribution in [0.3, 0.4) is 0 Å². The second kappa shape index (κ2) is 12.2. The van der Waals surface area contributed by atoms with E-state index in [9.17, 15) is 4.39 Å². The molecule has 0 amide bonds. The lowest BCUT2D eigenvalue weighted by atomic mass is 10.0. The molecule has 2 saturated heterocycles. The maximum Gasteiger partial charge on any atom is 0.193 e. The van der Waals surface area contributed by atoms with E-state index < -0.39 is 0 Å². The molecule has 2 unspecified atom stereocenters. The molecular weight excluding hydrogens is 387 g/mol. The first kappa shape index (κ1) is 22.9. The van der Waals surface area contributed by atoms with Crippen molar-refractivity contribution in [3.05, 3.63) is 35.6 Å². The number of halogens is 1. The SMILES string of the molecule is CN=C(NCC(c1ccc(F)cc1)N1CCOCC1)N1CCC(COCCOC)C1. The van der Waals surface area contributed by atoms with Gasteiger partial charge in [-0.1, -0.05) is 12.1 Å². The number of rotatable bonds is 9. The second-order valence-corrected chi connectivity index (χ2v) is 7.81. The van der Waals surface area contributed by atoms with Crippen molar-refractivity contribution in [2.75, 3.05) is 79.9 Å². The Balaban J connectivity index is 1.56. The van der Waals surface area contributed by atoms with Gasteiger partial charge in [-0.25, -0.2) is 4.39 Å². The van der Waals surface area contributed by atoms with E-state index in [1.165, 1.54) is 12.1 Å². The molecule has 1 aromatic carbocycles. The van der Waals surface area contributed by atoms with Gasteiger partial charge in [0, 0.05) is 52.8 Å². The molecule has 0 aromatic heterocycles. The van der Waals surface area contributed by atoms with Gasteiger partial charge in [-0.2, -0.15) is 0 Å². The molecule has 3 rings (SSSR count). The van der Waals surface area contributed by atoms with Gasteiger partial charge in [0.05, 0.1) is 39.1 Å². The highest BCUT2D eigenvalue weighted by Gasteiger charge is 2.27. The van der Waals surface area contributed by atoms with Crippen LogP contribution < -0.4 is 5.32 Å². The molecule has 1 aromatic rings. The lowest BCUT2D eigenvalue weighted by molar-refractivity contribution is 0.0169. The van der Waals surface area contributed by atoms with Crippen molar-refractivity contribution in [1.82, 2.24) is 15.1 Å². The zero-order valence-corrected chi connectivity index (χ0v) is 18.2. The number of methoxy groups -OCH3 is 1. The van der Waals surface area contributed by atoms with Crippen LogP contribution in [0.1, 0.15) is 18.0 Å². The molecule has 0 spiro atoms. The van der Waals surface area contributed by atoms with Crippen LogP contribution in [0.2, 0.25) is 0 Å². The van der Waals surface area contributed by atoms with Crippen LogP contribution >= 0.6 is 0 Å². The number of aliphatic imine (C=N–C) groups is 1. The van der Waals surface area contributed by atoms with Crippen LogP contribution in [0.25, 0.3) is 0 Å². The molecule has 0 aliphatic carbocycles. The summed E-state index contributed by atoms with van der Waals surface area (Å²) in [4.78, 5) is 9.20. The normalized spacial score (nSPS) is 21.8. The zero-order chi connectivity index (χ0) is 21.2. The molecule has 2 fully saturated rings. The Kier molecular flexibility index (Phi) is 9.32. The monoisotopic (exact) mass is 422 g/mol. The molecule has 2 heterocycles. The predicted molar refractivity (Wildman–Crippen MR) is 115 cm³/mol. The molecule has 0 saturated carbocycles. The highest BCUT2D eigenvalue weighted by Crippen LogP contribution is 2.22. The number of morpholine rings is 1. The Labute approximate surface area is 179 Å². The maximum atomic E-state index is 13.4. The molecule has 30 heavy (non-hydrogen) atoms. The predicted octanol–water partition coefficient (Wildman–Crippen LogP) is 1.76. The second-order valence-electron chi connectivity index (χ2n) is 7.81. The van der Waals surface area contributed by atoms with Crippen molar-refractivity contribution in [1.29, 1.82) is 0 Å². The lowest BCUT2D eigenvalue weighted by Gasteiger charge is -2.35. The van der Waals surface area contributed by atoms with Crippen LogP contribution in [-0.2, 0) is 14.2 Å². The molecule has 1 N–H and O–H groups in total. The van der Waals surface area contributed by atoms with Crippen LogP contribution in [-0.4, -0.2) is 95.7 Å². The number of benzene rings is 1. The lowest BCUT2D eigenvalue weighted by Crippen LogP contribution is -2.47. The number of ether oxygens (including phenoxy) is 3. The van der Waals surface area contributed by atoms with Crippen molar-refractivity contribution in [3.8, 4) is 0 Å². The average Bonchev–Trinajstić information content (AvgIpc) is 3.25. The third kappa shape index (κ3) is 6.63. The first-order chi connectivity index (χ1) is 14.7. The fourth-order valence-corrected chi connectivity index (χ4v) is 4.11. The number of hydrogen-bond acceptors (Lipinski definition) is 5. The van der Waals surface area contributed by atoms with Crippen molar-refractivity contribution in [3.63, 3.8) is 0 Å². The Morgan fingerprint density at radius 2 is 2.00 bits per heavy atom. The van der Waals surface area contributed by atoms with Crippen LogP contribution in [0.5, 0.6) is 0 Å². The summed E-state index contributed by atoms with van der Waals surface area (Å²) in [6, 6.07) is 6.96. The summed E-state index contributed by atoms with van der Waals surface area (Å²) in [5.41, 5.74) is 1.10. The quantitative estimate of drug-likeness (QED) is 0.372. The molecule has 0 bridgehead atoms. The van der Waals surface area contributed by atoms with Crippen LogP contribution in [0.15, 0.2) is 29.3 Å². The van der Waals surface area contributed by atoms with Gasteiger partial charge < -0.3 is 24.4 Å². The Hall–Kier alpha value is -1.74. The van der Waals surface area contributed by atoms with E-state index in [0.717, 1.165) is 63.9 Å². The van der Waals surface area contributed by atoms with Gasteiger partial charge in [-0.05, 0) is 24.1 Å². The smallest absolute Gasteiger partial charge is 0.193 e. The number of hydrogen-bond donors (Lipinski definition) is 1. The van der Waals surface area contributed by atoms with Gasteiger partial charge in [-0.15, -0.1) is 0 Å². The number of nitrogens with zero attached hydrogens (tertiary/aromatic N) is 3. The Bertz CT molecular complexity index is 652. The first-order valence-corrected chi connectivity index (χ1v) is 10.8. The number of guanidine groups is 1. The molecule has 2 aliphatic heterocycles. The number of likely N-dealkylation sites (tertiary alicyclic amines) is 1. The molecule has 2 aliphatic rings. The van der Waals surface area contributed by atoms with E-state index in [1.54, 1.807) is 7.11 Å². The average molecular weight is 423 g/mol.